The zero-order chi connectivity index (χ0) is 18.0. The Hall–Kier alpha value is -2.22. The van der Waals surface area contributed by atoms with Crippen molar-refractivity contribution in [3.63, 3.8) is 0 Å². The van der Waals surface area contributed by atoms with Crippen molar-refractivity contribution in [2.75, 3.05) is 19.7 Å². The molecule has 2 aromatic rings. The SMILES string of the molecule is Cc1noc(C)c1CCC(=O)N1CCOC(c2nc(C(C)C)n[nH]2)C1. The molecule has 136 valence electrons. The van der Waals surface area contributed by atoms with Crippen LogP contribution in [-0.2, 0) is 16.0 Å². The third-order valence-corrected chi connectivity index (χ3v) is 4.53. The topological polar surface area (TPSA) is 97.1 Å². The fourth-order valence-electron chi connectivity index (χ4n) is 2.98. The first-order chi connectivity index (χ1) is 12.0. The van der Waals surface area contributed by atoms with E-state index in [-0.39, 0.29) is 17.9 Å². The fourth-order valence-corrected chi connectivity index (χ4v) is 2.98. The Kier molecular flexibility index (Phi) is 5.17. The van der Waals surface area contributed by atoms with E-state index >= 15 is 0 Å². The van der Waals surface area contributed by atoms with E-state index in [0.29, 0.717) is 38.4 Å². The lowest BCUT2D eigenvalue weighted by atomic mass is 10.1. The monoisotopic (exact) mass is 347 g/mol. The number of hydrogen-bond acceptors (Lipinski definition) is 6. The molecule has 8 nitrogen and oxygen atoms in total. The summed E-state index contributed by atoms with van der Waals surface area (Å²) in [6.45, 7) is 9.45. The van der Waals surface area contributed by atoms with Gasteiger partial charge in [-0.05, 0) is 20.3 Å². The number of carbonyl (C=O) groups excluding carboxylic acids is 1. The summed E-state index contributed by atoms with van der Waals surface area (Å²) in [4.78, 5) is 18.9. The summed E-state index contributed by atoms with van der Waals surface area (Å²) < 4.78 is 10.9. The van der Waals surface area contributed by atoms with E-state index in [1.54, 1.807) is 0 Å². The number of rotatable bonds is 5. The summed E-state index contributed by atoms with van der Waals surface area (Å²) in [6, 6.07) is 0. The van der Waals surface area contributed by atoms with E-state index in [4.69, 9.17) is 9.26 Å². The highest BCUT2D eigenvalue weighted by Crippen LogP contribution is 2.22. The van der Waals surface area contributed by atoms with Gasteiger partial charge in [-0.1, -0.05) is 19.0 Å². The third kappa shape index (κ3) is 3.89. The Labute approximate surface area is 146 Å². The van der Waals surface area contributed by atoms with Crippen LogP contribution >= 0.6 is 0 Å². The van der Waals surface area contributed by atoms with Gasteiger partial charge in [0.25, 0.3) is 0 Å². The van der Waals surface area contributed by atoms with Gasteiger partial charge in [0, 0.05) is 24.4 Å². The predicted molar refractivity (Wildman–Crippen MR) is 90.0 cm³/mol. The lowest BCUT2D eigenvalue weighted by Gasteiger charge is -2.32. The van der Waals surface area contributed by atoms with Crippen LogP contribution < -0.4 is 0 Å². The molecule has 1 atom stereocenters. The summed E-state index contributed by atoms with van der Waals surface area (Å²) in [5, 5.41) is 11.1. The molecule has 8 heteroatoms. The fraction of sp³-hybridized carbons (Fsp3) is 0.647. The van der Waals surface area contributed by atoms with Gasteiger partial charge in [-0.25, -0.2) is 4.98 Å². The molecule has 1 amide bonds. The van der Waals surface area contributed by atoms with Gasteiger partial charge in [0.2, 0.25) is 5.91 Å². The number of hydrogen-bond donors (Lipinski definition) is 1. The number of carbonyl (C=O) groups is 1. The minimum Gasteiger partial charge on any atom is -0.367 e. The minimum absolute atomic E-state index is 0.108. The maximum absolute atomic E-state index is 12.6. The van der Waals surface area contributed by atoms with Crippen LogP contribution in [0.25, 0.3) is 0 Å². The van der Waals surface area contributed by atoms with Gasteiger partial charge in [-0.15, -0.1) is 0 Å². The van der Waals surface area contributed by atoms with Crippen LogP contribution in [0, 0.1) is 13.8 Å². The summed E-state index contributed by atoms with van der Waals surface area (Å²) in [5.74, 6) is 2.60. The maximum atomic E-state index is 12.6. The van der Waals surface area contributed by atoms with E-state index < -0.39 is 0 Å². The molecule has 0 aromatic carbocycles. The molecule has 2 aromatic heterocycles. The largest absolute Gasteiger partial charge is 0.367 e. The van der Waals surface area contributed by atoms with Crippen LogP contribution in [0.2, 0.25) is 0 Å². The van der Waals surface area contributed by atoms with Gasteiger partial charge in [0.05, 0.1) is 18.8 Å². The second kappa shape index (κ2) is 7.35. The molecule has 1 fully saturated rings. The number of aryl methyl sites for hydroxylation is 2. The van der Waals surface area contributed by atoms with Crippen LogP contribution in [-0.4, -0.2) is 50.8 Å². The molecular formula is C17H25N5O3. The van der Waals surface area contributed by atoms with E-state index in [9.17, 15) is 4.79 Å². The number of nitrogens with one attached hydrogen (secondary N) is 1. The van der Waals surface area contributed by atoms with Crippen molar-refractivity contribution < 1.29 is 14.1 Å². The molecule has 1 saturated heterocycles. The number of morpholine rings is 1. The number of H-pyrrole nitrogens is 1. The van der Waals surface area contributed by atoms with Crippen molar-refractivity contribution in [1.29, 1.82) is 0 Å². The van der Waals surface area contributed by atoms with Crippen LogP contribution in [0.1, 0.15) is 61.0 Å². The summed E-state index contributed by atoms with van der Waals surface area (Å²) in [5.41, 5.74) is 1.88. The highest BCUT2D eigenvalue weighted by molar-refractivity contribution is 5.76. The standard InChI is InChI=1S/C17H25N5O3/c1-10(2)16-18-17(20-19-16)14-9-22(7-8-24-14)15(23)6-5-13-11(3)21-25-12(13)4/h10,14H,5-9H2,1-4H3,(H,18,19,20). The normalized spacial score (nSPS) is 18.1. The van der Waals surface area contributed by atoms with E-state index in [2.05, 4.69) is 20.3 Å². The molecular weight excluding hydrogens is 322 g/mol. The molecule has 25 heavy (non-hydrogen) atoms. The molecule has 1 aliphatic rings. The smallest absolute Gasteiger partial charge is 0.223 e. The first-order valence-corrected chi connectivity index (χ1v) is 8.69. The number of aromatic nitrogens is 4. The van der Waals surface area contributed by atoms with Gasteiger partial charge >= 0.3 is 0 Å². The lowest BCUT2D eigenvalue weighted by molar-refractivity contribution is -0.139. The average Bonchev–Trinajstić information content (AvgIpc) is 3.21. The van der Waals surface area contributed by atoms with Crippen LogP contribution in [0.4, 0.5) is 0 Å². The first kappa shape index (κ1) is 17.6. The van der Waals surface area contributed by atoms with Gasteiger partial charge in [-0.3, -0.25) is 9.89 Å². The third-order valence-electron chi connectivity index (χ3n) is 4.53. The molecule has 3 heterocycles. The van der Waals surface area contributed by atoms with E-state index in [1.165, 1.54) is 0 Å². The van der Waals surface area contributed by atoms with Crippen molar-refractivity contribution in [2.45, 2.75) is 52.6 Å². The molecule has 0 saturated carbocycles. The number of nitrogens with zero attached hydrogens (tertiary/aromatic N) is 4. The Morgan fingerprint density at radius 3 is 2.84 bits per heavy atom. The maximum Gasteiger partial charge on any atom is 0.223 e. The first-order valence-electron chi connectivity index (χ1n) is 8.69. The van der Waals surface area contributed by atoms with E-state index in [1.807, 2.05) is 32.6 Å². The zero-order valence-corrected chi connectivity index (χ0v) is 15.2. The molecule has 3 rings (SSSR count). The van der Waals surface area contributed by atoms with Crippen molar-refractivity contribution in [1.82, 2.24) is 25.2 Å². The zero-order valence-electron chi connectivity index (χ0n) is 15.2. The van der Waals surface area contributed by atoms with Crippen molar-refractivity contribution in [2.24, 2.45) is 0 Å². The number of ether oxygens (including phenoxy) is 1. The Morgan fingerprint density at radius 2 is 2.20 bits per heavy atom. The molecule has 0 spiro atoms. The van der Waals surface area contributed by atoms with Gasteiger partial charge in [-0.2, -0.15) is 5.10 Å². The van der Waals surface area contributed by atoms with Crippen molar-refractivity contribution in [3.8, 4) is 0 Å². The Bertz CT molecular complexity index is 717. The lowest BCUT2D eigenvalue weighted by Crippen LogP contribution is -2.42. The number of aromatic amines is 1. The summed E-state index contributed by atoms with van der Waals surface area (Å²) in [6.07, 6.45) is 0.821. The predicted octanol–water partition coefficient (Wildman–Crippen LogP) is 2.07. The minimum atomic E-state index is -0.253. The second-order valence-electron chi connectivity index (χ2n) is 6.74. The highest BCUT2D eigenvalue weighted by Gasteiger charge is 2.28. The van der Waals surface area contributed by atoms with Crippen LogP contribution in [0.5, 0.6) is 0 Å². The molecule has 0 bridgehead atoms. The Balaban J connectivity index is 1.59. The van der Waals surface area contributed by atoms with Crippen molar-refractivity contribution in [3.05, 3.63) is 28.7 Å². The molecule has 0 aliphatic carbocycles. The van der Waals surface area contributed by atoms with Gasteiger partial charge in [0.15, 0.2) is 11.6 Å². The Morgan fingerprint density at radius 1 is 1.40 bits per heavy atom. The van der Waals surface area contributed by atoms with Crippen molar-refractivity contribution >= 4 is 5.91 Å². The summed E-state index contributed by atoms with van der Waals surface area (Å²) in [7, 11) is 0. The average molecular weight is 347 g/mol. The van der Waals surface area contributed by atoms with Crippen LogP contribution in [0.15, 0.2) is 4.52 Å². The second-order valence-corrected chi connectivity index (χ2v) is 6.74. The van der Waals surface area contributed by atoms with Crippen LogP contribution in [0.3, 0.4) is 0 Å². The highest BCUT2D eigenvalue weighted by atomic mass is 16.5. The quantitative estimate of drug-likeness (QED) is 0.889. The van der Waals surface area contributed by atoms with Gasteiger partial charge in [0.1, 0.15) is 11.9 Å². The molecule has 1 aliphatic heterocycles. The molecule has 0 radical (unpaired) electrons. The number of amides is 1. The molecule has 1 unspecified atom stereocenters. The molecule has 1 N–H and O–H groups in total. The van der Waals surface area contributed by atoms with E-state index in [0.717, 1.165) is 22.8 Å². The summed E-state index contributed by atoms with van der Waals surface area (Å²) >= 11 is 0. The van der Waals surface area contributed by atoms with Gasteiger partial charge < -0.3 is 14.2 Å².